The third-order valence-corrected chi connectivity index (χ3v) is 4.49. The van der Waals surface area contributed by atoms with E-state index in [2.05, 4.69) is 20.7 Å². The Labute approximate surface area is 144 Å². The van der Waals surface area contributed by atoms with Crippen LogP contribution in [0.4, 0.5) is 0 Å². The number of carbonyl (C=O) groups is 2. The topological polar surface area (TPSA) is 116 Å². The van der Waals surface area contributed by atoms with Gasteiger partial charge >= 0.3 is 0 Å². The molecule has 0 radical (unpaired) electrons. The SMILES string of the molecule is CC(C)NC(=O)CNS(=O)(=O)CCC(=O)N[C@H]1CCCNC1.Cl. The normalized spacial score (nSPS) is 18.1. The minimum absolute atomic E-state index is 0. The lowest BCUT2D eigenvalue weighted by atomic mass is 10.1. The summed E-state index contributed by atoms with van der Waals surface area (Å²) in [5.41, 5.74) is 0. The zero-order valence-corrected chi connectivity index (χ0v) is 15.2. The van der Waals surface area contributed by atoms with Crippen LogP contribution in [0.1, 0.15) is 33.1 Å². The largest absolute Gasteiger partial charge is 0.353 e. The molecule has 0 aromatic rings. The van der Waals surface area contributed by atoms with Crippen molar-refractivity contribution in [3.8, 4) is 0 Å². The molecule has 8 nitrogen and oxygen atoms in total. The Hall–Kier alpha value is -0.900. The van der Waals surface area contributed by atoms with Gasteiger partial charge in [0.25, 0.3) is 0 Å². The molecular weight excluding hydrogens is 344 g/mol. The number of nitrogens with one attached hydrogen (secondary N) is 4. The van der Waals surface area contributed by atoms with Crippen molar-refractivity contribution in [2.24, 2.45) is 0 Å². The summed E-state index contributed by atoms with van der Waals surface area (Å²) in [5.74, 6) is -1.00. The van der Waals surface area contributed by atoms with E-state index in [1.165, 1.54) is 0 Å². The van der Waals surface area contributed by atoms with Gasteiger partial charge in [0.1, 0.15) is 0 Å². The molecule has 0 aromatic heterocycles. The first kappa shape index (κ1) is 22.1. The first-order valence-electron chi connectivity index (χ1n) is 7.55. The highest BCUT2D eigenvalue weighted by Gasteiger charge is 2.18. The number of hydrogen-bond acceptors (Lipinski definition) is 5. The molecular formula is C13H27ClN4O4S. The number of amides is 2. The Morgan fingerprint density at radius 2 is 1.96 bits per heavy atom. The third kappa shape index (κ3) is 10.5. The number of sulfonamides is 1. The second-order valence-electron chi connectivity index (χ2n) is 5.72. The third-order valence-electron chi connectivity index (χ3n) is 3.16. The summed E-state index contributed by atoms with van der Waals surface area (Å²) in [6.07, 6.45) is 1.78. The summed E-state index contributed by atoms with van der Waals surface area (Å²) in [6.45, 7) is 4.93. The smallest absolute Gasteiger partial charge is 0.235 e. The monoisotopic (exact) mass is 370 g/mol. The lowest BCUT2D eigenvalue weighted by Gasteiger charge is -2.23. The molecule has 2 amide bonds. The molecule has 136 valence electrons. The van der Waals surface area contributed by atoms with Crippen LogP contribution in [0.3, 0.4) is 0 Å². The Morgan fingerprint density at radius 1 is 1.26 bits per heavy atom. The number of carbonyl (C=O) groups excluding carboxylic acids is 2. The van der Waals surface area contributed by atoms with Crippen LogP contribution in [0.5, 0.6) is 0 Å². The Bertz CT molecular complexity index is 478. The van der Waals surface area contributed by atoms with Crippen molar-refractivity contribution in [3.05, 3.63) is 0 Å². The minimum atomic E-state index is -3.64. The van der Waals surface area contributed by atoms with E-state index in [1.54, 1.807) is 13.8 Å². The molecule has 4 N–H and O–H groups in total. The van der Waals surface area contributed by atoms with E-state index in [9.17, 15) is 18.0 Å². The Morgan fingerprint density at radius 3 is 2.52 bits per heavy atom. The minimum Gasteiger partial charge on any atom is -0.353 e. The fourth-order valence-electron chi connectivity index (χ4n) is 2.12. The zero-order valence-electron chi connectivity index (χ0n) is 13.6. The van der Waals surface area contributed by atoms with Crippen molar-refractivity contribution in [2.45, 2.75) is 45.2 Å². The second kappa shape index (κ2) is 10.8. The van der Waals surface area contributed by atoms with E-state index < -0.39 is 15.9 Å². The van der Waals surface area contributed by atoms with E-state index in [0.29, 0.717) is 6.54 Å². The molecule has 1 rings (SSSR count). The van der Waals surface area contributed by atoms with Crippen molar-refractivity contribution >= 4 is 34.2 Å². The molecule has 1 aliphatic rings. The fourth-order valence-corrected chi connectivity index (χ4v) is 3.07. The average Bonchev–Trinajstić information content (AvgIpc) is 2.44. The predicted molar refractivity (Wildman–Crippen MR) is 91.0 cm³/mol. The van der Waals surface area contributed by atoms with Gasteiger partial charge in [0.2, 0.25) is 21.8 Å². The molecule has 0 saturated carbocycles. The molecule has 0 bridgehead atoms. The Balaban J connectivity index is 0.00000484. The van der Waals surface area contributed by atoms with Gasteiger partial charge in [-0.2, -0.15) is 0 Å². The van der Waals surface area contributed by atoms with Crippen molar-refractivity contribution < 1.29 is 18.0 Å². The molecule has 0 aromatic carbocycles. The summed E-state index contributed by atoms with van der Waals surface area (Å²) in [5, 5.41) is 8.56. The summed E-state index contributed by atoms with van der Waals surface area (Å²) < 4.78 is 25.7. The predicted octanol–water partition coefficient (Wildman–Crippen LogP) is -0.889. The van der Waals surface area contributed by atoms with E-state index in [4.69, 9.17) is 0 Å². The maximum Gasteiger partial charge on any atom is 0.235 e. The van der Waals surface area contributed by atoms with E-state index in [-0.39, 0.29) is 49.1 Å². The fraction of sp³-hybridized carbons (Fsp3) is 0.846. The molecule has 1 fully saturated rings. The molecule has 23 heavy (non-hydrogen) atoms. The van der Waals surface area contributed by atoms with Gasteiger partial charge in [0.15, 0.2) is 0 Å². The van der Waals surface area contributed by atoms with E-state index in [0.717, 1.165) is 19.4 Å². The summed E-state index contributed by atoms with van der Waals surface area (Å²) >= 11 is 0. The van der Waals surface area contributed by atoms with Crippen LogP contribution in [0, 0.1) is 0 Å². The maximum absolute atomic E-state index is 11.7. The molecule has 10 heteroatoms. The quantitative estimate of drug-likeness (QED) is 0.442. The highest BCUT2D eigenvalue weighted by atomic mass is 35.5. The summed E-state index contributed by atoms with van der Waals surface area (Å²) in [7, 11) is -3.64. The second-order valence-corrected chi connectivity index (χ2v) is 7.65. The van der Waals surface area contributed by atoms with Crippen molar-refractivity contribution in [2.75, 3.05) is 25.4 Å². The maximum atomic E-state index is 11.7. The molecule has 0 spiro atoms. The van der Waals surface area contributed by atoms with Crippen LogP contribution in [0.25, 0.3) is 0 Å². The van der Waals surface area contributed by atoms with Gasteiger partial charge in [-0.05, 0) is 33.2 Å². The zero-order chi connectivity index (χ0) is 16.6. The number of rotatable bonds is 8. The van der Waals surface area contributed by atoms with Gasteiger partial charge in [-0.15, -0.1) is 12.4 Å². The first-order valence-corrected chi connectivity index (χ1v) is 9.20. The van der Waals surface area contributed by atoms with Crippen molar-refractivity contribution in [1.82, 2.24) is 20.7 Å². The number of piperidine rings is 1. The van der Waals surface area contributed by atoms with Crippen molar-refractivity contribution in [1.29, 1.82) is 0 Å². The van der Waals surface area contributed by atoms with Gasteiger partial charge in [-0.25, -0.2) is 13.1 Å². The lowest BCUT2D eigenvalue weighted by Crippen LogP contribution is -2.46. The van der Waals surface area contributed by atoms with Gasteiger partial charge in [0.05, 0.1) is 12.3 Å². The molecule has 1 heterocycles. The van der Waals surface area contributed by atoms with Gasteiger partial charge in [0, 0.05) is 25.0 Å². The van der Waals surface area contributed by atoms with E-state index >= 15 is 0 Å². The first-order chi connectivity index (χ1) is 10.3. The van der Waals surface area contributed by atoms with Gasteiger partial charge in [-0.1, -0.05) is 0 Å². The lowest BCUT2D eigenvalue weighted by molar-refractivity contribution is -0.121. The molecule has 0 aliphatic carbocycles. The van der Waals surface area contributed by atoms with Crippen LogP contribution < -0.4 is 20.7 Å². The molecule has 1 saturated heterocycles. The van der Waals surface area contributed by atoms with Crippen LogP contribution in [-0.2, 0) is 19.6 Å². The summed E-state index contributed by atoms with van der Waals surface area (Å²) in [4.78, 5) is 23.1. The molecule has 0 unspecified atom stereocenters. The van der Waals surface area contributed by atoms with Crippen LogP contribution in [-0.4, -0.2) is 57.7 Å². The van der Waals surface area contributed by atoms with E-state index in [1.807, 2.05) is 0 Å². The Kier molecular flexibility index (Phi) is 10.4. The van der Waals surface area contributed by atoms with Crippen LogP contribution in [0.15, 0.2) is 0 Å². The number of halogens is 1. The van der Waals surface area contributed by atoms with Gasteiger partial charge in [-0.3, -0.25) is 9.59 Å². The molecule has 1 aliphatic heterocycles. The highest BCUT2D eigenvalue weighted by Crippen LogP contribution is 2.01. The van der Waals surface area contributed by atoms with Crippen LogP contribution in [0.2, 0.25) is 0 Å². The van der Waals surface area contributed by atoms with Crippen LogP contribution >= 0.6 is 12.4 Å². The number of hydrogen-bond donors (Lipinski definition) is 4. The van der Waals surface area contributed by atoms with Gasteiger partial charge < -0.3 is 16.0 Å². The standard InChI is InChI=1S/C13H26N4O4S.ClH/c1-10(2)16-13(19)9-15-22(20,21)7-5-12(18)17-11-4-3-6-14-8-11;/h10-11,14-15H,3-9H2,1-2H3,(H,16,19)(H,17,18);1H/t11-;/m0./s1. The highest BCUT2D eigenvalue weighted by molar-refractivity contribution is 7.89. The van der Waals surface area contributed by atoms with Crippen molar-refractivity contribution in [3.63, 3.8) is 0 Å². The summed E-state index contributed by atoms with van der Waals surface area (Å²) in [6, 6.07) is 0.0145. The average molecular weight is 371 g/mol. The molecule has 1 atom stereocenters.